The predicted molar refractivity (Wildman–Crippen MR) is 62.0 cm³/mol. The Morgan fingerprint density at radius 2 is 2.00 bits per heavy atom. The standard InChI is InChI=1S/C11H21N3O/c1-4-10(5-2)12-6-7-14-9-8-13(3)11(14)15/h8-10,12H,4-7H2,1-3H3. The van der Waals surface area contributed by atoms with Crippen molar-refractivity contribution in [1.82, 2.24) is 14.5 Å². The van der Waals surface area contributed by atoms with Crippen molar-refractivity contribution in [2.75, 3.05) is 6.54 Å². The Bertz CT molecular complexity index is 336. The molecule has 15 heavy (non-hydrogen) atoms. The van der Waals surface area contributed by atoms with Gasteiger partial charge in [-0.3, -0.25) is 4.57 Å². The second kappa shape index (κ2) is 5.75. The maximum absolute atomic E-state index is 11.5. The van der Waals surface area contributed by atoms with Gasteiger partial charge in [-0.15, -0.1) is 0 Å². The monoisotopic (exact) mass is 211 g/mol. The van der Waals surface area contributed by atoms with Crippen molar-refractivity contribution < 1.29 is 0 Å². The fourth-order valence-electron chi connectivity index (χ4n) is 1.65. The van der Waals surface area contributed by atoms with Crippen molar-refractivity contribution in [3.05, 3.63) is 22.9 Å². The Morgan fingerprint density at radius 3 is 2.47 bits per heavy atom. The van der Waals surface area contributed by atoms with Crippen LogP contribution in [0.5, 0.6) is 0 Å². The van der Waals surface area contributed by atoms with Crippen molar-refractivity contribution in [3.63, 3.8) is 0 Å². The first kappa shape index (κ1) is 12.0. The summed E-state index contributed by atoms with van der Waals surface area (Å²) < 4.78 is 3.33. The molecule has 0 atom stereocenters. The van der Waals surface area contributed by atoms with E-state index >= 15 is 0 Å². The van der Waals surface area contributed by atoms with E-state index in [9.17, 15) is 4.79 Å². The summed E-state index contributed by atoms with van der Waals surface area (Å²) in [6, 6.07) is 0.574. The Hall–Kier alpha value is -1.03. The van der Waals surface area contributed by atoms with E-state index < -0.39 is 0 Å². The zero-order chi connectivity index (χ0) is 11.3. The minimum atomic E-state index is 0.0568. The second-order valence-corrected chi connectivity index (χ2v) is 3.85. The van der Waals surface area contributed by atoms with E-state index in [0.29, 0.717) is 6.04 Å². The van der Waals surface area contributed by atoms with Crippen molar-refractivity contribution >= 4 is 0 Å². The maximum Gasteiger partial charge on any atom is 0.327 e. The van der Waals surface area contributed by atoms with Gasteiger partial charge in [-0.25, -0.2) is 4.79 Å². The zero-order valence-electron chi connectivity index (χ0n) is 9.86. The number of imidazole rings is 1. The topological polar surface area (TPSA) is 39.0 Å². The molecular formula is C11H21N3O. The molecule has 1 aromatic heterocycles. The van der Waals surface area contributed by atoms with Gasteiger partial charge in [-0.05, 0) is 12.8 Å². The number of nitrogens with zero attached hydrogens (tertiary/aromatic N) is 2. The highest BCUT2D eigenvalue weighted by Gasteiger charge is 2.02. The van der Waals surface area contributed by atoms with Crippen LogP contribution in [-0.2, 0) is 13.6 Å². The van der Waals surface area contributed by atoms with Crippen molar-refractivity contribution in [1.29, 1.82) is 0 Å². The molecule has 4 nitrogen and oxygen atoms in total. The fraction of sp³-hybridized carbons (Fsp3) is 0.727. The van der Waals surface area contributed by atoms with E-state index in [1.54, 1.807) is 22.4 Å². The highest BCUT2D eigenvalue weighted by atomic mass is 16.1. The number of aryl methyl sites for hydroxylation is 1. The van der Waals surface area contributed by atoms with Crippen LogP contribution < -0.4 is 11.0 Å². The van der Waals surface area contributed by atoms with Gasteiger partial charge in [0.2, 0.25) is 0 Å². The summed E-state index contributed by atoms with van der Waals surface area (Å²) in [5.41, 5.74) is 0.0568. The lowest BCUT2D eigenvalue weighted by atomic mass is 10.2. The highest BCUT2D eigenvalue weighted by Crippen LogP contribution is 1.95. The molecule has 0 spiro atoms. The van der Waals surface area contributed by atoms with Crippen LogP contribution in [0.3, 0.4) is 0 Å². The van der Waals surface area contributed by atoms with Crippen LogP contribution in [0, 0.1) is 0 Å². The first-order chi connectivity index (χ1) is 7.19. The Balaban J connectivity index is 2.38. The molecule has 0 radical (unpaired) electrons. The first-order valence-electron chi connectivity index (χ1n) is 5.64. The Kier molecular flexibility index (Phi) is 4.62. The number of hydrogen-bond acceptors (Lipinski definition) is 2. The molecule has 1 heterocycles. The smallest absolute Gasteiger partial charge is 0.312 e. The number of rotatable bonds is 6. The fourth-order valence-corrected chi connectivity index (χ4v) is 1.65. The minimum Gasteiger partial charge on any atom is -0.312 e. The summed E-state index contributed by atoms with van der Waals surface area (Å²) in [6.45, 7) is 5.96. The summed E-state index contributed by atoms with van der Waals surface area (Å²) in [5.74, 6) is 0. The van der Waals surface area contributed by atoms with Crippen LogP contribution in [-0.4, -0.2) is 21.7 Å². The van der Waals surface area contributed by atoms with Crippen LogP contribution in [0.2, 0.25) is 0 Å². The molecule has 1 N–H and O–H groups in total. The summed E-state index contributed by atoms with van der Waals surface area (Å²) in [4.78, 5) is 11.5. The Labute approximate surface area is 90.9 Å². The normalized spacial score (nSPS) is 11.2. The van der Waals surface area contributed by atoms with Gasteiger partial charge in [0.15, 0.2) is 0 Å². The van der Waals surface area contributed by atoms with E-state index in [4.69, 9.17) is 0 Å². The second-order valence-electron chi connectivity index (χ2n) is 3.85. The van der Waals surface area contributed by atoms with Crippen molar-refractivity contribution in [3.8, 4) is 0 Å². The molecule has 1 aromatic rings. The Morgan fingerprint density at radius 1 is 1.33 bits per heavy atom. The third-order valence-corrected chi connectivity index (χ3v) is 2.79. The van der Waals surface area contributed by atoms with Crippen LogP contribution in [0.4, 0.5) is 0 Å². The summed E-state index contributed by atoms with van der Waals surface area (Å²) in [5, 5.41) is 3.44. The van der Waals surface area contributed by atoms with Crippen molar-refractivity contribution in [2.24, 2.45) is 7.05 Å². The molecule has 0 unspecified atom stereocenters. The van der Waals surface area contributed by atoms with Crippen LogP contribution in [0.15, 0.2) is 17.2 Å². The molecule has 0 amide bonds. The van der Waals surface area contributed by atoms with E-state index in [2.05, 4.69) is 19.2 Å². The largest absolute Gasteiger partial charge is 0.327 e. The predicted octanol–water partition coefficient (Wildman–Crippen LogP) is 0.965. The van der Waals surface area contributed by atoms with E-state index in [-0.39, 0.29) is 5.69 Å². The lowest BCUT2D eigenvalue weighted by molar-refractivity contribution is 0.462. The summed E-state index contributed by atoms with van der Waals surface area (Å²) in [6.07, 6.45) is 5.90. The third-order valence-electron chi connectivity index (χ3n) is 2.79. The molecule has 86 valence electrons. The molecule has 0 bridgehead atoms. The van der Waals surface area contributed by atoms with Crippen LogP contribution >= 0.6 is 0 Å². The zero-order valence-corrected chi connectivity index (χ0v) is 9.86. The van der Waals surface area contributed by atoms with E-state index in [1.165, 1.54) is 0 Å². The maximum atomic E-state index is 11.5. The van der Waals surface area contributed by atoms with Gasteiger partial charge in [0.05, 0.1) is 0 Å². The number of hydrogen-bond donors (Lipinski definition) is 1. The number of aromatic nitrogens is 2. The molecular weight excluding hydrogens is 190 g/mol. The van der Waals surface area contributed by atoms with Crippen molar-refractivity contribution in [2.45, 2.75) is 39.3 Å². The summed E-state index contributed by atoms with van der Waals surface area (Å²) >= 11 is 0. The van der Waals surface area contributed by atoms with Gasteiger partial charge < -0.3 is 9.88 Å². The molecule has 1 rings (SSSR count). The number of nitrogens with one attached hydrogen (secondary N) is 1. The van der Waals surface area contributed by atoms with E-state index in [0.717, 1.165) is 25.9 Å². The third kappa shape index (κ3) is 3.23. The highest BCUT2D eigenvalue weighted by molar-refractivity contribution is 4.80. The average molecular weight is 211 g/mol. The van der Waals surface area contributed by atoms with Gasteiger partial charge in [0, 0.05) is 38.6 Å². The van der Waals surface area contributed by atoms with Gasteiger partial charge >= 0.3 is 5.69 Å². The molecule has 4 heteroatoms. The van der Waals surface area contributed by atoms with Crippen LogP contribution in [0.25, 0.3) is 0 Å². The van der Waals surface area contributed by atoms with Gasteiger partial charge in [0.1, 0.15) is 0 Å². The van der Waals surface area contributed by atoms with Gasteiger partial charge in [0.25, 0.3) is 0 Å². The lowest BCUT2D eigenvalue weighted by Gasteiger charge is -2.14. The molecule has 0 aliphatic rings. The first-order valence-corrected chi connectivity index (χ1v) is 5.64. The van der Waals surface area contributed by atoms with E-state index in [1.807, 2.05) is 6.20 Å². The molecule has 0 saturated carbocycles. The van der Waals surface area contributed by atoms with Gasteiger partial charge in [-0.1, -0.05) is 13.8 Å². The summed E-state index contributed by atoms with van der Waals surface area (Å²) in [7, 11) is 1.77. The minimum absolute atomic E-state index is 0.0568. The SMILES string of the molecule is CCC(CC)NCCn1ccn(C)c1=O. The molecule has 0 aliphatic carbocycles. The average Bonchev–Trinajstić information content (AvgIpc) is 2.56. The van der Waals surface area contributed by atoms with Crippen LogP contribution in [0.1, 0.15) is 26.7 Å². The quantitative estimate of drug-likeness (QED) is 0.761. The molecule has 0 aliphatic heterocycles. The lowest BCUT2D eigenvalue weighted by Crippen LogP contribution is -2.33. The molecule has 0 fully saturated rings. The molecule has 0 saturated heterocycles. The molecule has 0 aromatic carbocycles. The van der Waals surface area contributed by atoms with Gasteiger partial charge in [-0.2, -0.15) is 0 Å².